The molecule has 0 radical (unpaired) electrons. The highest BCUT2D eigenvalue weighted by atomic mass is 19.4. The third-order valence-electron chi connectivity index (χ3n) is 3.71. The summed E-state index contributed by atoms with van der Waals surface area (Å²) in [6, 6.07) is 3.14. The Morgan fingerprint density at radius 1 is 1.22 bits per heavy atom. The summed E-state index contributed by atoms with van der Waals surface area (Å²) in [6.45, 7) is 3.47. The fourth-order valence-corrected chi connectivity index (χ4v) is 2.54. The van der Waals surface area contributed by atoms with Crippen molar-refractivity contribution in [1.29, 1.82) is 0 Å². The number of carbonyl (C=O) groups is 2. The van der Waals surface area contributed by atoms with Gasteiger partial charge < -0.3 is 10.4 Å². The highest BCUT2D eigenvalue weighted by Crippen LogP contribution is 2.25. The summed E-state index contributed by atoms with van der Waals surface area (Å²) >= 11 is 0. The molecular formula is C17H17F4N3O3. The Morgan fingerprint density at radius 3 is 2.30 bits per heavy atom. The quantitative estimate of drug-likeness (QED) is 0.745. The smallest absolute Gasteiger partial charge is 0.391 e. The van der Waals surface area contributed by atoms with Crippen LogP contribution in [0.5, 0.6) is 0 Å². The minimum Gasteiger partial charge on any atom is -0.480 e. The predicted molar refractivity (Wildman–Crippen MR) is 87.2 cm³/mol. The number of aliphatic carboxylic acids is 1. The van der Waals surface area contributed by atoms with Crippen LogP contribution in [0.1, 0.15) is 42.2 Å². The SMILES string of the molecule is CC(C)c1c(C(=O)NC(CC(F)(F)F)C(=O)O)cnn1-c1ccc(F)cc1. The second kappa shape index (κ2) is 7.77. The molecule has 146 valence electrons. The molecule has 2 N–H and O–H groups in total. The van der Waals surface area contributed by atoms with Gasteiger partial charge in [0.05, 0.1) is 29.6 Å². The molecule has 0 aliphatic rings. The maximum atomic E-state index is 13.1. The van der Waals surface area contributed by atoms with Crippen molar-refractivity contribution in [3.05, 3.63) is 47.5 Å². The number of hydrogen-bond acceptors (Lipinski definition) is 3. The van der Waals surface area contributed by atoms with Crippen LogP contribution in [0.25, 0.3) is 5.69 Å². The van der Waals surface area contributed by atoms with Gasteiger partial charge in [-0.05, 0) is 30.2 Å². The van der Waals surface area contributed by atoms with E-state index in [1.807, 2.05) is 5.32 Å². The van der Waals surface area contributed by atoms with Crippen LogP contribution in [-0.4, -0.2) is 39.0 Å². The molecule has 0 bridgehead atoms. The van der Waals surface area contributed by atoms with Crippen molar-refractivity contribution >= 4 is 11.9 Å². The van der Waals surface area contributed by atoms with Crippen LogP contribution in [0.2, 0.25) is 0 Å². The monoisotopic (exact) mass is 387 g/mol. The van der Waals surface area contributed by atoms with Gasteiger partial charge in [0.2, 0.25) is 0 Å². The molecule has 0 aliphatic heterocycles. The molecule has 1 heterocycles. The molecule has 0 aliphatic carbocycles. The number of rotatable bonds is 6. The average Bonchev–Trinajstić information content (AvgIpc) is 2.98. The number of carbonyl (C=O) groups excluding carboxylic acids is 1. The fourth-order valence-electron chi connectivity index (χ4n) is 2.54. The molecule has 1 atom stereocenters. The van der Waals surface area contributed by atoms with Gasteiger partial charge in [0, 0.05) is 0 Å². The van der Waals surface area contributed by atoms with Gasteiger partial charge in [-0.25, -0.2) is 13.9 Å². The summed E-state index contributed by atoms with van der Waals surface area (Å²) in [4.78, 5) is 23.5. The molecule has 1 amide bonds. The summed E-state index contributed by atoms with van der Waals surface area (Å²) in [7, 11) is 0. The molecular weight excluding hydrogens is 370 g/mol. The van der Waals surface area contributed by atoms with E-state index >= 15 is 0 Å². The second-order valence-electron chi connectivity index (χ2n) is 6.17. The van der Waals surface area contributed by atoms with Gasteiger partial charge in [-0.2, -0.15) is 18.3 Å². The number of carboxylic acids is 1. The number of alkyl halides is 3. The van der Waals surface area contributed by atoms with Gasteiger partial charge in [0.1, 0.15) is 11.9 Å². The molecule has 2 rings (SSSR count). The lowest BCUT2D eigenvalue weighted by Gasteiger charge is -2.17. The van der Waals surface area contributed by atoms with Crippen LogP contribution < -0.4 is 5.32 Å². The van der Waals surface area contributed by atoms with Crippen molar-refractivity contribution in [3.63, 3.8) is 0 Å². The van der Waals surface area contributed by atoms with E-state index in [9.17, 15) is 27.2 Å². The maximum absolute atomic E-state index is 13.1. The summed E-state index contributed by atoms with van der Waals surface area (Å²) in [6.07, 6.45) is -5.31. The third kappa shape index (κ3) is 5.05. The van der Waals surface area contributed by atoms with Crippen molar-refractivity contribution < 1.29 is 32.3 Å². The van der Waals surface area contributed by atoms with Gasteiger partial charge in [0.15, 0.2) is 0 Å². The number of hydrogen-bond donors (Lipinski definition) is 2. The van der Waals surface area contributed by atoms with E-state index in [1.165, 1.54) is 28.9 Å². The number of amides is 1. The fraction of sp³-hybridized carbons (Fsp3) is 0.353. The number of halogens is 4. The third-order valence-corrected chi connectivity index (χ3v) is 3.71. The number of benzene rings is 1. The summed E-state index contributed by atoms with van der Waals surface area (Å²) in [5, 5.41) is 14.9. The standard InChI is InChI=1S/C17H17F4N3O3/c1-9(2)14-12(8-22-24(14)11-5-3-10(18)4-6-11)15(25)23-13(16(26)27)7-17(19,20)21/h3-6,8-9,13H,7H2,1-2H3,(H,23,25)(H,26,27). The van der Waals surface area contributed by atoms with E-state index in [0.717, 1.165) is 6.20 Å². The largest absolute Gasteiger partial charge is 0.480 e. The predicted octanol–water partition coefficient (Wildman–Crippen LogP) is 3.27. The zero-order chi connectivity index (χ0) is 20.4. The minimum atomic E-state index is -4.75. The average molecular weight is 387 g/mol. The molecule has 1 aromatic carbocycles. The van der Waals surface area contributed by atoms with Crippen LogP contribution in [0.4, 0.5) is 17.6 Å². The summed E-state index contributed by atoms with van der Waals surface area (Å²) in [5.74, 6) is -3.52. The van der Waals surface area contributed by atoms with Gasteiger partial charge >= 0.3 is 12.1 Å². The molecule has 1 unspecified atom stereocenters. The molecule has 0 fully saturated rings. The lowest BCUT2D eigenvalue weighted by Crippen LogP contribution is -2.43. The van der Waals surface area contributed by atoms with Crippen LogP contribution in [0.15, 0.2) is 30.5 Å². The van der Waals surface area contributed by atoms with Crippen molar-refractivity contribution in [1.82, 2.24) is 15.1 Å². The topological polar surface area (TPSA) is 84.2 Å². The first-order valence-corrected chi connectivity index (χ1v) is 7.94. The van der Waals surface area contributed by atoms with Gasteiger partial charge in [-0.3, -0.25) is 4.79 Å². The normalized spacial score (nSPS) is 12.9. The van der Waals surface area contributed by atoms with Crippen molar-refractivity contribution in [2.24, 2.45) is 0 Å². The molecule has 10 heteroatoms. The lowest BCUT2D eigenvalue weighted by molar-refractivity contribution is -0.157. The zero-order valence-electron chi connectivity index (χ0n) is 14.4. The molecule has 6 nitrogen and oxygen atoms in total. The number of carboxylic acid groups (broad SMARTS) is 1. The number of aromatic nitrogens is 2. The molecule has 2 aromatic rings. The Kier molecular flexibility index (Phi) is 5.87. The first-order chi connectivity index (χ1) is 12.5. The van der Waals surface area contributed by atoms with E-state index in [2.05, 4.69) is 5.10 Å². The Bertz CT molecular complexity index is 829. The summed E-state index contributed by atoms with van der Waals surface area (Å²) < 4.78 is 52.0. The van der Waals surface area contributed by atoms with E-state index in [1.54, 1.807) is 13.8 Å². The minimum absolute atomic E-state index is 0.0530. The summed E-state index contributed by atoms with van der Waals surface area (Å²) in [5.41, 5.74) is 0.752. The number of nitrogens with zero attached hydrogens (tertiary/aromatic N) is 2. The first-order valence-electron chi connectivity index (χ1n) is 7.94. The Labute approximate surface area is 151 Å². The van der Waals surface area contributed by atoms with Gasteiger partial charge in [-0.15, -0.1) is 0 Å². The highest BCUT2D eigenvalue weighted by Gasteiger charge is 2.37. The van der Waals surface area contributed by atoms with E-state index in [-0.39, 0.29) is 11.5 Å². The molecule has 0 saturated carbocycles. The van der Waals surface area contributed by atoms with Crippen molar-refractivity contribution in [2.45, 2.75) is 38.4 Å². The van der Waals surface area contributed by atoms with Gasteiger partial charge in [-0.1, -0.05) is 13.8 Å². The Hall–Kier alpha value is -2.91. The van der Waals surface area contributed by atoms with E-state index in [4.69, 9.17) is 5.11 Å². The molecule has 1 aromatic heterocycles. The van der Waals surface area contributed by atoms with E-state index < -0.39 is 36.3 Å². The zero-order valence-corrected chi connectivity index (χ0v) is 14.4. The van der Waals surface area contributed by atoms with Crippen molar-refractivity contribution in [2.75, 3.05) is 0 Å². The molecule has 0 spiro atoms. The van der Waals surface area contributed by atoms with Crippen LogP contribution in [0.3, 0.4) is 0 Å². The number of nitrogens with one attached hydrogen (secondary N) is 1. The van der Waals surface area contributed by atoms with Gasteiger partial charge in [0.25, 0.3) is 5.91 Å². The first kappa shape index (κ1) is 20.4. The van der Waals surface area contributed by atoms with Crippen LogP contribution in [0, 0.1) is 5.82 Å². The second-order valence-corrected chi connectivity index (χ2v) is 6.17. The van der Waals surface area contributed by atoms with Crippen molar-refractivity contribution in [3.8, 4) is 5.69 Å². The Balaban J connectivity index is 2.36. The molecule has 27 heavy (non-hydrogen) atoms. The van der Waals surface area contributed by atoms with Crippen LogP contribution >= 0.6 is 0 Å². The lowest BCUT2D eigenvalue weighted by atomic mass is 10.0. The van der Waals surface area contributed by atoms with E-state index in [0.29, 0.717) is 11.4 Å². The maximum Gasteiger partial charge on any atom is 0.391 e. The molecule has 0 saturated heterocycles. The van der Waals surface area contributed by atoms with Crippen LogP contribution in [-0.2, 0) is 4.79 Å². The highest BCUT2D eigenvalue weighted by molar-refractivity contribution is 5.97. The Morgan fingerprint density at radius 2 is 1.81 bits per heavy atom.